The molecule has 3 heterocycles. The first-order valence-corrected chi connectivity index (χ1v) is 16.6. The molecule has 4 aliphatic carbocycles. The van der Waals surface area contributed by atoms with Crippen molar-refractivity contribution in [2.24, 2.45) is 46.3 Å². The van der Waals surface area contributed by atoms with Gasteiger partial charge in [-0.15, -0.1) is 0 Å². The fourth-order valence-electron chi connectivity index (χ4n) is 12.0. The van der Waals surface area contributed by atoms with Crippen molar-refractivity contribution in [1.82, 2.24) is 4.90 Å². The summed E-state index contributed by atoms with van der Waals surface area (Å²) in [6.45, 7) is 10.5. The van der Waals surface area contributed by atoms with Gasteiger partial charge in [-0.1, -0.05) is 39.3 Å². The minimum absolute atomic E-state index is 0.127. The molecular formula is C33H53NO7. The van der Waals surface area contributed by atoms with Gasteiger partial charge in [0.1, 0.15) is 24.4 Å². The topological polar surface area (TPSA) is 123 Å². The Bertz CT molecular complexity index is 1040. The SMILES string of the molecule is CC1CC(O)C2C(C)C3C(CC4C5CC=C6CC(OC7OC(CO)C(O)C(O)C7O)CCC6(C)C5CCC43C)N2C1. The van der Waals surface area contributed by atoms with E-state index in [1.54, 1.807) is 0 Å². The van der Waals surface area contributed by atoms with E-state index in [-0.39, 0.29) is 17.6 Å². The number of aliphatic hydroxyl groups excluding tert-OH is 5. The van der Waals surface area contributed by atoms with Gasteiger partial charge in [-0.2, -0.15) is 0 Å². The Labute approximate surface area is 245 Å². The second kappa shape index (κ2) is 10.2. The third kappa shape index (κ3) is 4.22. The molecule has 8 heteroatoms. The highest BCUT2D eigenvalue weighted by Crippen LogP contribution is 2.70. The monoisotopic (exact) mass is 575 g/mol. The predicted octanol–water partition coefficient (Wildman–Crippen LogP) is 2.45. The lowest BCUT2D eigenvalue weighted by atomic mass is 9.47. The lowest BCUT2D eigenvalue weighted by molar-refractivity contribution is -0.313. The summed E-state index contributed by atoms with van der Waals surface area (Å²) < 4.78 is 11.9. The second-order valence-corrected chi connectivity index (χ2v) is 15.8. The van der Waals surface area contributed by atoms with Crippen LogP contribution in [0.4, 0.5) is 0 Å². The highest BCUT2D eigenvalue weighted by Gasteiger charge is 2.67. The van der Waals surface area contributed by atoms with Gasteiger partial charge in [0.05, 0.1) is 18.8 Å². The Morgan fingerprint density at radius 2 is 1.78 bits per heavy atom. The maximum Gasteiger partial charge on any atom is 0.186 e. The largest absolute Gasteiger partial charge is 0.394 e. The Hall–Kier alpha value is -0.580. The fraction of sp³-hybridized carbons (Fsp3) is 0.939. The maximum atomic E-state index is 11.1. The van der Waals surface area contributed by atoms with Gasteiger partial charge < -0.3 is 35.0 Å². The third-order valence-corrected chi connectivity index (χ3v) is 13.8. The van der Waals surface area contributed by atoms with Crippen molar-refractivity contribution in [1.29, 1.82) is 0 Å². The standard InChI is InChI=1S/C33H53NO7/c1-16-11-24(36)27-17(2)26-23(34(27)14-16)13-22-20-6-5-18-12-19(7-9-32(18,3)21(20)8-10-33(22,26)4)40-31-30(39)29(38)28(37)25(15-35)41-31/h5,16-17,19-31,35-39H,6-15H2,1-4H3. The molecule has 0 aromatic heterocycles. The van der Waals surface area contributed by atoms with Crippen LogP contribution in [0, 0.1) is 46.3 Å². The van der Waals surface area contributed by atoms with Crippen molar-refractivity contribution in [3.05, 3.63) is 11.6 Å². The van der Waals surface area contributed by atoms with Gasteiger partial charge in [0.15, 0.2) is 6.29 Å². The van der Waals surface area contributed by atoms with Gasteiger partial charge in [0.2, 0.25) is 0 Å². The van der Waals surface area contributed by atoms with Crippen LogP contribution in [0.2, 0.25) is 0 Å². The molecule has 0 aromatic carbocycles. The van der Waals surface area contributed by atoms with Crippen LogP contribution in [-0.4, -0.2) is 98.6 Å². The summed E-state index contributed by atoms with van der Waals surface area (Å²) in [6.07, 6.45) is 4.66. The zero-order valence-corrected chi connectivity index (χ0v) is 25.3. The van der Waals surface area contributed by atoms with E-state index in [0.29, 0.717) is 47.1 Å². The van der Waals surface area contributed by atoms with Crippen molar-refractivity contribution >= 4 is 0 Å². The Balaban J connectivity index is 1.08. The van der Waals surface area contributed by atoms with Gasteiger partial charge in [0.25, 0.3) is 0 Å². The van der Waals surface area contributed by atoms with E-state index in [9.17, 15) is 25.5 Å². The summed E-state index contributed by atoms with van der Waals surface area (Å²) in [6, 6.07) is 0.952. The minimum Gasteiger partial charge on any atom is -0.394 e. The van der Waals surface area contributed by atoms with E-state index in [0.717, 1.165) is 44.6 Å². The molecule has 6 fully saturated rings. The number of rotatable bonds is 3. The third-order valence-electron chi connectivity index (χ3n) is 13.8. The molecule has 3 saturated heterocycles. The molecule has 232 valence electrons. The van der Waals surface area contributed by atoms with Crippen LogP contribution >= 0.6 is 0 Å². The Kier molecular flexibility index (Phi) is 7.27. The Morgan fingerprint density at radius 3 is 2.54 bits per heavy atom. The number of allylic oxidation sites excluding steroid dienone is 1. The summed E-state index contributed by atoms with van der Waals surface area (Å²) in [5, 5.41) is 51.5. The number of ether oxygens (including phenoxy) is 2. The molecule has 0 aromatic rings. The molecule has 0 amide bonds. The van der Waals surface area contributed by atoms with Crippen LogP contribution in [0.15, 0.2) is 11.6 Å². The van der Waals surface area contributed by atoms with E-state index in [1.807, 2.05) is 0 Å². The number of aliphatic hydroxyl groups is 5. The predicted molar refractivity (Wildman–Crippen MR) is 152 cm³/mol. The minimum atomic E-state index is -1.41. The first-order chi connectivity index (χ1) is 19.5. The normalized spacial score (nSPS) is 58.6. The smallest absolute Gasteiger partial charge is 0.186 e. The van der Waals surface area contributed by atoms with Crippen LogP contribution in [0.25, 0.3) is 0 Å². The molecule has 17 unspecified atom stereocenters. The average molecular weight is 576 g/mol. The van der Waals surface area contributed by atoms with Crippen LogP contribution in [0.5, 0.6) is 0 Å². The Morgan fingerprint density at radius 1 is 1.00 bits per heavy atom. The second-order valence-electron chi connectivity index (χ2n) is 15.8. The molecule has 0 radical (unpaired) electrons. The highest BCUT2D eigenvalue weighted by molar-refractivity contribution is 5.27. The molecule has 7 rings (SSSR count). The maximum absolute atomic E-state index is 11.1. The van der Waals surface area contributed by atoms with Crippen LogP contribution in [-0.2, 0) is 9.47 Å². The molecule has 5 N–H and O–H groups in total. The number of hydrogen-bond donors (Lipinski definition) is 5. The molecule has 7 aliphatic rings. The lowest BCUT2D eigenvalue weighted by Gasteiger charge is -2.58. The van der Waals surface area contributed by atoms with Crippen molar-refractivity contribution < 1.29 is 35.0 Å². The van der Waals surface area contributed by atoms with Crippen LogP contribution in [0.3, 0.4) is 0 Å². The van der Waals surface area contributed by atoms with Gasteiger partial charge in [-0.05, 0) is 97.7 Å². The van der Waals surface area contributed by atoms with Crippen LogP contribution in [0.1, 0.15) is 79.1 Å². The summed E-state index contributed by atoms with van der Waals surface area (Å²) in [5.41, 5.74) is 1.97. The van der Waals surface area contributed by atoms with Crippen LogP contribution < -0.4 is 0 Å². The lowest BCUT2D eigenvalue weighted by Crippen LogP contribution is -2.60. The molecule has 17 atom stereocenters. The zero-order valence-electron chi connectivity index (χ0n) is 25.3. The van der Waals surface area contributed by atoms with E-state index in [4.69, 9.17) is 9.47 Å². The van der Waals surface area contributed by atoms with Crippen molar-refractivity contribution in [3.63, 3.8) is 0 Å². The van der Waals surface area contributed by atoms with Crippen molar-refractivity contribution in [3.8, 4) is 0 Å². The fourth-order valence-corrected chi connectivity index (χ4v) is 12.0. The molecule has 3 saturated carbocycles. The van der Waals surface area contributed by atoms with Crippen molar-refractivity contribution in [2.45, 2.75) is 134 Å². The van der Waals surface area contributed by atoms with Crippen molar-refractivity contribution in [2.75, 3.05) is 13.2 Å². The van der Waals surface area contributed by atoms with E-state index < -0.39 is 37.3 Å². The summed E-state index contributed by atoms with van der Waals surface area (Å²) in [4.78, 5) is 2.75. The van der Waals surface area contributed by atoms with Gasteiger partial charge in [-0.25, -0.2) is 0 Å². The quantitative estimate of drug-likeness (QED) is 0.326. The first kappa shape index (κ1) is 29.1. The molecular weight excluding hydrogens is 522 g/mol. The highest BCUT2D eigenvalue weighted by atomic mass is 16.7. The summed E-state index contributed by atoms with van der Waals surface area (Å²) in [7, 11) is 0. The number of hydrogen-bond acceptors (Lipinski definition) is 8. The average Bonchev–Trinajstić information content (AvgIpc) is 3.40. The summed E-state index contributed by atoms with van der Waals surface area (Å²) in [5.74, 6) is 3.90. The molecule has 0 bridgehead atoms. The van der Waals surface area contributed by atoms with E-state index in [1.165, 1.54) is 24.8 Å². The van der Waals surface area contributed by atoms with Gasteiger partial charge in [0, 0.05) is 18.6 Å². The van der Waals surface area contributed by atoms with E-state index >= 15 is 0 Å². The molecule has 3 aliphatic heterocycles. The van der Waals surface area contributed by atoms with Gasteiger partial charge in [-0.3, -0.25) is 4.90 Å². The first-order valence-electron chi connectivity index (χ1n) is 16.6. The summed E-state index contributed by atoms with van der Waals surface area (Å²) >= 11 is 0. The molecule has 0 spiro atoms. The number of piperidine rings is 1. The van der Waals surface area contributed by atoms with Gasteiger partial charge >= 0.3 is 0 Å². The number of nitrogens with zero attached hydrogens (tertiary/aromatic N) is 1. The zero-order chi connectivity index (χ0) is 29.0. The molecule has 8 nitrogen and oxygen atoms in total. The van der Waals surface area contributed by atoms with E-state index in [2.05, 4.69) is 38.7 Å². The molecule has 41 heavy (non-hydrogen) atoms. The number of fused-ring (bicyclic) bond motifs is 9.